The number of benzene rings is 2. The van der Waals surface area contributed by atoms with E-state index in [1.165, 1.54) is 28.9 Å². The number of fused-ring (bicyclic) bond motifs is 1. The zero-order valence-corrected chi connectivity index (χ0v) is 13.2. The zero-order chi connectivity index (χ0) is 16.9. The van der Waals surface area contributed by atoms with Crippen LogP contribution in [0.5, 0.6) is 0 Å². The number of amides is 1. The van der Waals surface area contributed by atoms with Gasteiger partial charge in [-0.05, 0) is 48.6 Å². The van der Waals surface area contributed by atoms with Crippen LogP contribution in [0.2, 0.25) is 0 Å². The highest BCUT2D eigenvalue weighted by Crippen LogP contribution is 2.09. The summed E-state index contributed by atoms with van der Waals surface area (Å²) in [6.07, 6.45) is 0. The summed E-state index contributed by atoms with van der Waals surface area (Å²) in [6.45, 7) is -0.00727. The van der Waals surface area contributed by atoms with E-state index in [-0.39, 0.29) is 23.4 Å². The van der Waals surface area contributed by atoms with Crippen molar-refractivity contribution in [1.82, 2.24) is 25.8 Å². The molecule has 0 spiro atoms. The molecule has 7 nitrogen and oxygen atoms in total. The molecule has 0 unspecified atom stereocenters. The lowest BCUT2D eigenvalue weighted by atomic mass is 10.3. The molecule has 0 atom stereocenters. The van der Waals surface area contributed by atoms with Gasteiger partial charge in [-0.2, -0.15) is 0 Å². The number of halogens is 1. The van der Waals surface area contributed by atoms with Gasteiger partial charge in [0.15, 0.2) is 5.11 Å². The third-order valence-corrected chi connectivity index (χ3v) is 3.34. The Morgan fingerprint density at radius 3 is 2.67 bits per heavy atom. The van der Waals surface area contributed by atoms with Gasteiger partial charge in [0.25, 0.3) is 5.91 Å². The molecule has 1 aromatic heterocycles. The molecule has 3 N–H and O–H groups in total. The Morgan fingerprint density at radius 1 is 1.12 bits per heavy atom. The number of anilines is 1. The summed E-state index contributed by atoms with van der Waals surface area (Å²) in [7, 11) is 0. The number of hydrazine groups is 1. The monoisotopic (exact) mass is 344 g/mol. The predicted octanol–water partition coefficient (Wildman–Crippen LogP) is 1.59. The van der Waals surface area contributed by atoms with Crippen LogP contribution >= 0.6 is 12.2 Å². The van der Waals surface area contributed by atoms with Gasteiger partial charge in [-0.25, -0.2) is 9.07 Å². The van der Waals surface area contributed by atoms with Crippen LogP contribution < -0.4 is 16.2 Å². The number of para-hydroxylation sites is 1. The molecule has 0 saturated carbocycles. The van der Waals surface area contributed by atoms with E-state index in [0.29, 0.717) is 11.2 Å². The first-order valence-electron chi connectivity index (χ1n) is 7.01. The molecule has 1 heterocycles. The highest BCUT2D eigenvalue weighted by molar-refractivity contribution is 7.80. The summed E-state index contributed by atoms with van der Waals surface area (Å²) >= 11 is 5.05. The van der Waals surface area contributed by atoms with Crippen LogP contribution in [0.1, 0.15) is 0 Å². The highest BCUT2D eigenvalue weighted by Gasteiger charge is 2.08. The lowest BCUT2D eigenvalue weighted by Crippen LogP contribution is -2.45. The van der Waals surface area contributed by atoms with Crippen LogP contribution in [0, 0.1) is 5.82 Å². The fraction of sp³-hybridized carbons (Fsp3) is 0.0667. The molecular weight excluding hydrogens is 331 g/mol. The smallest absolute Gasteiger partial charge is 0.260 e. The Hall–Kier alpha value is -3.07. The van der Waals surface area contributed by atoms with Crippen molar-refractivity contribution in [3.63, 3.8) is 0 Å². The Kier molecular flexibility index (Phi) is 4.62. The Balaban J connectivity index is 1.52. The molecule has 24 heavy (non-hydrogen) atoms. The molecular formula is C15H13FN6OS. The largest absolute Gasteiger partial charge is 0.331 e. The Bertz CT molecular complexity index is 879. The van der Waals surface area contributed by atoms with Crippen LogP contribution in [0.4, 0.5) is 10.1 Å². The fourth-order valence-electron chi connectivity index (χ4n) is 2.03. The van der Waals surface area contributed by atoms with E-state index in [4.69, 9.17) is 12.2 Å². The summed E-state index contributed by atoms with van der Waals surface area (Å²) in [5, 5.41) is 10.9. The molecule has 0 aliphatic carbocycles. The van der Waals surface area contributed by atoms with Crippen molar-refractivity contribution < 1.29 is 9.18 Å². The van der Waals surface area contributed by atoms with E-state index >= 15 is 0 Å². The molecule has 0 bridgehead atoms. The second-order valence-corrected chi connectivity index (χ2v) is 5.28. The van der Waals surface area contributed by atoms with Gasteiger partial charge in [0.1, 0.15) is 17.9 Å². The first-order valence-corrected chi connectivity index (χ1v) is 7.42. The van der Waals surface area contributed by atoms with Crippen LogP contribution in [-0.4, -0.2) is 26.0 Å². The minimum absolute atomic E-state index is 0.00727. The summed E-state index contributed by atoms with van der Waals surface area (Å²) < 4.78 is 14.3. The Labute approximate surface area is 141 Å². The van der Waals surface area contributed by atoms with Gasteiger partial charge in [-0.3, -0.25) is 15.6 Å². The van der Waals surface area contributed by atoms with E-state index in [1.54, 1.807) is 0 Å². The molecule has 9 heteroatoms. The van der Waals surface area contributed by atoms with Gasteiger partial charge in [0.2, 0.25) is 0 Å². The SMILES string of the molecule is O=C(Cn1nnc2ccccc21)NNC(=S)Nc1ccc(F)cc1. The molecule has 0 aliphatic heterocycles. The third-order valence-electron chi connectivity index (χ3n) is 3.13. The summed E-state index contributed by atoms with van der Waals surface area (Å²) in [5.74, 6) is -0.679. The van der Waals surface area contributed by atoms with Gasteiger partial charge >= 0.3 is 0 Å². The molecule has 122 valence electrons. The van der Waals surface area contributed by atoms with Crippen molar-refractivity contribution in [2.24, 2.45) is 0 Å². The van der Waals surface area contributed by atoms with E-state index < -0.39 is 0 Å². The van der Waals surface area contributed by atoms with Crippen molar-refractivity contribution in [3.05, 3.63) is 54.3 Å². The van der Waals surface area contributed by atoms with Crippen molar-refractivity contribution >= 4 is 40.0 Å². The maximum atomic E-state index is 12.8. The fourth-order valence-corrected chi connectivity index (χ4v) is 2.20. The normalized spacial score (nSPS) is 10.4. The molecule has 3 aromatic rings. The van der Waals surface area contributed by atoms with Gasteiger partial charge < -0.3 is 5.32 Å². The molecule has 0 saturated heterocycles. The summed E-state index contributed by atoms with van der Waals surface area (Å²) in [4.78, 5) is 12.0. The number of hydrogen-bond donors (Lipinski definition) is 3. The highest BCUT2D eigenvalue weighted by atomic mass is 32.1. The number of carbonyl (C=O) groups excluding carboxylic acids is 1. The second-order valence-electron chi connectivity index (χ2n) is 4.87. The number of hydrogen-bond acceptors (Lipinski definition) is 4. The van der Waals surface area contributed by atoms with E-state index in [2.05, 4.69) is 26.5 Å². The average molecular weight is 344 g/mol. The lowest BCUT2D eigenvalue weighted by molar-refractivity contribution is -0.122. The van der Waals surface area contributed by atoms with Crippen LogP contribution in [0.15, 0.2) is 48.5 Å². The number of nitrogens with one attached hydrogen (secondary N) is 3. The van der Waals surface area contributed by atoms with Gasteiger partial charge in [-0.1, -0.05) is 17.3 Å². The molecule has 0 aliphatic rings. The maximum Gasteiger partial charge on any atom is 0.260 e. The first kappa shape index (κ1) is 15.8. The summed E-state index contributed by atoms with van der Waals surface area (Å²) in [6, 6.07) is 13.0. The maximum absolute atomic E-state index is 12.8. The minimum Gasteiger partial charge on any atom is -0.331 e. The number of carbonyl (C=O) groups is 1. The average Bonchev–Trinajstić information content (AvgIpc) is 2.98. The lowest BCUT2D eigenvalue weighted by Gasteiger charge is -2.11. The number of rotatable bonds is 3. The number of thiocarbonyl (C=S) groups is 1. The van der Waals surface area contributed by atoms with E-state index in [9.17, 15) is 9.18 Å². The molecule has 2 aromatic carbocycles. The van der Waals surface area contributed by atoms with Crippen molar-refractivity contribution in [2.45, 2.75) is 6.54 Å². The van der Waals surface area contributed by atoms with Crippen molar-refractivity contribution in [2.75, 3.05) is 5.32 Å². The summed E-state index contributed by atoms with van der Waals surface area (Å²) in [5.41, 5.74) is 7.11. The second kappa shape index (κ2) is 7.01. The molecule has 3 rings (SSSR count). The standard InChI is InChI=1S/C15H13FN6OS/c16-10-5-7-11(8-6-10)17-15(24)20-19-14(23)9-22-13-4-2-1-3-12(13)18-21-22/h1-8H,9H2,(H,19,23)(H2,17,20,24). The van der Waals surface area contributed by atoms with Crippen LogP contribution in [0.25, 0.3) is 11.0 Å². The van der Waals surface area contributed by atoms with Gasteiger partial charge in [-0.15, -0.1) is 5.10 Å². The predicted molar refractivity (Wildman–Crippen MR) is 91.4 cm³/mol. The van der Waals surface area contributed by atoms with Gasteiger partial charge in [0, 0.05) is 5.69 Å². The van der Waals surface area contributed by atoms with E-state index in [0.717, 1.165) is 5.52 Å². The van der Waals surface area contributed by atoms with E-state index in [1.807, 2.05) is 24.3 Å². The quantitative estimate of drug-likeness (QED) is 0.494. The topological polar surface area (TPSA) is 83.9 Å². The number of nitrogens with zero attached hydrogens (tertiary/aromatic N) is 3. The molecule has 1 amide bonds. The molecule has 0 radical (unpaired) electrons. The van der Waals surface area contributed by atoms with Gasteiger partial charge in [0.05, 0.1) is 5.52 Å². The first-order chi connectivity index (χ1) is 11.6. The minimum atomic E-state index is -0.340. The van der Waals surface area contributed by atoms with Crippen molar-refractivity contribution in [3.8, 4) is 0 Å². The van der Waals surface area contributed by atoms with Crippen molar-refractivity contribution in [1.29, 1.82) is 0 Å². The zero-order valence-electron chi connectivity index (χ0n) is 12.4. The van der Waals surface area contributed by atoms with Crippen LogP contribution in [-0.2, 0) is 11.3 Å². The van der Waals surface area contributed by atoms with Crippen LogP contribution in [0.3, 0.4) is 0 Å². The number of aromatic nitrogens is 3. The Morgan fingerprint density at radius 2 is 1.88 bits per heavy atom. The third kappa shape index (κ3) is 3.82. The molecule has 0 fully saturated rings.